The molecule has 1 aliphatic rings. The lowest BCUT2D eigenvalue weighted by Crippen LogP contribution is -2.24. The van der Waals surface area contributed by atoms with Gasteiger partial charge in [-0.15, -0.1) is 0 Å². The summed E-state index contributed by atoms with van der Waals surface area (Å²) in [7, 11) is 0. The van der Waals surface area contributed by atoms with Crippen LogP contribution in [0.4, 0.5) is 5.69 Å². The fourth-order valence-corrected chi connectivity index (χ4v) is 2.07. The van der Waals surface area contributed by atoms with E-state index in [1.807, 2.05) is 50.3 Å². The van der Waals surface area contributed by atoms with Gasteiger partial charge in [0.2, 0.25) is 5.91 Å². The van der Waals surface area contributed by atoms with Crippen LogP contribution in [0.1, 0.15) is 20.3 Å². The SMILES string of the molecule is CC(C)Oc1ccccc1NC(=O)C1C=CC(N)C1. The summed E-state index contributed by atoms with van der Waals surface area (Å²) in [6.45, 7) is 3.91. The Morgan fingerprint density at radius 3 is 2.74 bits per heavy atom. The van der Waals surface area contributed by atoms with E-state index in [2.05, 4.69) is 5.32 Å². The van der Waals surface area contributed by atoms with Gasteiger partial charge in [-0.05, 0) is 32.4 Å². The normalized spacial score (nSPS) is 21.7. The first-order valence-electron chi connectivity index (χ1n) is 6.56. The summed E-state index contributed by atoms with van der Waals surface area (Å²) < 4.78 is 5.67. The number of hydrogen-bond donors (Lipinski definition) is 2. The van der Waals surface area contributed by atoms with Gasteiger partial charge in [0.1, 0.15) is 5.75 Å². The number of ether oxygens (including phenoxy) is 1. The number of rotatable bonds is 4. The van der Waals surface area contributed by atoms with Gasteiger partial charge in [0.25, 0.3) is 0 Å². The molecule has 3 N–H and O–H groups in total. The maximum absolute atomic E-state index is 12.1. The standard InChI is InChI=1S/C15H20N2O2/c1-10(2)19-14-6-4-3-5-13(14)17-15(18)11-7-8-12(16)9-11/h3-8,10-12H,9,16H2,1-2H3,(H,17,18). The molecule has 0 spiro atoms. The van der Waals surface area contributed by atoms with E-state index in [9.17, 15) is 4.79 Å². The first-order valence-corrected chi connectivity index (χ1v) is 6.56. The van der Waals surface area contributed by atoms with Gasteiger partial charge in [0.05, 0.1) is 17.7 Å². The van der Waals surface area contributed by atoms with E-state index in [-0.39, 0.29) is 24.0 Å². The fraction of sp³-hybridized carbons (Fsp3) is 0.400. The Kier molecular flexibility index (Phi) is 4.22. The van der Waals surface area contributed by atoms with Crippen LogP contribution in [-0.2, 0) is 4.79 Å². The van der Waals surface area contributed by atoms with E-state index >= 15 is 0 Å². The first-order chi connectivity index (χ1) is 9.06. The lowest BCUT2D eigenvalue weighted by atomic mass is 10.1. The average Bonchev–Trinajstić information content (AvgIpc) is 2.78. The van der Waals surface area contributed by atoms with Gasteiger partial charge < -0.3 is 15.8 Å². The van der Waals surface area contributed by atoms with Gasteiger partial charge in [-0.3, -0.25) is 4.79 Å². The zero-order valence-corrected chi connectivity index (χ0v) is 11.3. The van der Waals surface area contributed by atoms with Crippen molar-refractivity contribution in [3.8, 4) is 5.75 Å². The predicted octanol–water partition coefficient (Wildman–Crippen LogP) is 2.32. The van der Waals surface area contributed by atoms with Crippen molar-refractivity contribution < 1.29 is 9.53 Å². The summed E-state index contributed by atoms with van der Waals surface area (Å²) in [6.07, 6.45) is 4.48. The molecule has 0 saturated heterocycles. The van der Waals surface area contributed by atoms with Crippen LogP contribution in [0.2, 0.25) is 0 Å². The van der Waals surface area contributed by atoms with Crippen LogP contribution in [0.15, 0.2) is 36.4 Å². The van der Waals surface area contributed by atoms with Crippen LogP contribution >= 0.6 is 0 Å². The Labute approximate surface area is 113 Å². The van der Waals surface area contributed by atoms with Crippen molar-refractivity contribution in [3.63, 3.8) is 0 Å². The summed E-state index contributed by atoms with van der Waals surface area (Å²) in [4.78, 5) is 12.1. The second-order valence-electron chi connectivity index (χ2n) is 5.04. The lowest BCUT2D eigenvalue weighted by molar-refractivity contribution is -0.118. The maximum atomic E-state index is 12.1. The molecule has 0 fully saturated rings. The molecule has 1 aromatic rings. The summed E-state index contributed by atoms with van der Waals surface area (Å²) in [5, 5.41) is 2.91. The minimum absolute atomic E-state index is 0.0158. The van der Waals surface area contributed by atoms with Crippen LogP contribution in [-0.4, -0.2) is 18.1 Å². The Balaban J connectivity index is 2.06. The van der Waals surface area contributed by atoms with Crippen LogP contribution in [0, 0.1) is 5.92 Å². The number of benzene rings is 1. The zero-order chi connectivity index (χ0) is 13.8. The third-order valence-electron chi connectivity index (χ3n) is 2.96. The minimum Gasteiger partial charge on any atom is -0.489 e. The number of carbonyl (C=O) groups excluding carboxylic acids is 1. The van der Waals surface area contributed by atoms with Gasteiger partial charge >= 0.3 is 0 Å². The number of hydrogen-bond acceptors (Lipinski definition) is 3. The van der Waals surface area contributed by atoms with Crippen LogP contribution in [0.25, 0.3) is 0 Å². The second-order valence-corrected chi connectivity index (χ2v) is 5.04. The smallest absolute Gasteiger partial charge is 0.231 e. The van der Waals surface area contributed by atoms with E-state index in [0.717, 1.165) is 0 Å². The summed E-state index contributed by atoms with van der Waals surface area (Å²) in [6, 6.07) is 7.44. The van der Waals surface area contributed by atoms with Gasteiger partial charge in [-0.2, -0.15) is 0 Å². The van der Waals surface area contributed by atoms with Crippen molar-refractivity contribution in [2.45, 2.75) is 32.4 Å². The van der Waals surface area contributed by atoms with Crippen molar-refractivity contribution in [2.24, 2.45) is 11.7 Å². The number of amides is 1. The molecule has 1 amide bonds. The van der Waals surface area contributed by atoms with Gasteiger partial charge in [-0.25, -0.2) is 0 Å². The quantitative estimate of drug-likeness (QED) is 0.816. The Morgan fingerprint density at radius 2 is 2.11 bits per heavy atom. The number of para-hydroxylation sites is 2. The van der Waals surface area contributed by atoms with Crippen molar-refractivity contribution in [2.75, 3.05) is 5.32 Å². The number of anilines is 1. The molecule has 0 aliphatic heterocycles. The van der Waals surface area contributed by atoms with Crippen molar-refractivity contribution in [3.05, 3.63) is 36.4 Å². The molecule has 1 aromatic carbocycles. The van der Waals surface area contributed by atoms with Crippen LogP contribution < -0.4 is 15.8 Å². The molecule has 19 heavy (non-hydrogen) atoms. The van der Waals surface area contributed by atoms with Crippen LogP contribution in [0.5, 0.6) is 5.75 Å². The van der Waals surface area contributed by atoms with Crippen molar-refractivity contribution in [1.82, 2.24) is 0 Å². The van der Waals surface area contributed by atoms with Gasteiger partial charge in [0.15, 0.2) is 0 Å². The molecule has 0 radical (unpaired) electrons. The Morgan fingerprint density at radius 1 is 1.37 bits per heavy atom. The summed E-state index contributed by atoms with van der Waals surface area (Å²) >= 11 is 0. The third-order valence-corrected chi connectivity index (χ3v) is 2.96. The van der Waals surface area contributed by atoms with Crippen molar-refractivity contribution in [1.29, 1.82) is 0 Å². The largest absolute Gasteiger partial charge is 0.489 e. The lowest BCUT2D eigenvalue weighted by Gasteiger charge is -2.16. The number of nitrogens with two attached hydrogens (primary N) is 1. The topological polar surface area (TPSA) is 64.3 Å². The highest BCUT2D eigenvalue weighted by Crippen LogP contribution is 2.26. The van der Waals surface area contributed by atoms with E-state index in [0.29, 0.717) is 17.9 Å². The van der Waals surface area contributed by atoms with Gasteiger partial charge in [0, 0.05) is 6.04 Å². The van der Waals surface area contributed by atoms with Crippen molar-refractivity contribution >= 4 is 11.6 Å². The molecule has 4 heteroatoms. The average molecular weight is 260 g/mol. The molecule has 0 aromatic heterocycles. The molecule has 0 saturated carbocycles. The molecule has 4 nitrogen and oxygen atoms in total. The summed E-state index contributed by atoms with van der Waals surface area (Å²) in [5.74, 6) is 0.503. The third kappa shape index (κ3) is 3.58. The second kappa shape index (κ2) is 5.89. The predicted molar refractivity (Wildman–Crippen MR) is 76.1 cm³/mol. The van der Waals surface area contributed by atoms with E-state index in [4.69, 9.17) is 10.5 Å². The minimum atomic E-state index is -0.151. The highest BCUT2D eigenvalue weighted by Gasteiger charge is 2.23. The fourth-order valence-electron chi connectivity index (χ4n) is 2.07. The number of carbonyl (C=O) groups is 1. The molecular weight excluding hydrogens is 240 g/mol. The summed E-state index contributed by atoms with van der Waals surface area (Å²) in [5.41, 5.74) is 6.46. The molecule has 102 valence electrons. The molecule has 2 unspecified atom stereocenters. The molecule has 0 bridgehead atoms. The number of nitrogens with one attached hydrogen (secondary N) is 1. The molecule has 2 atom stereocenters. The molecule has 0 heterocycles. The highest BCUT2D eigenvalue weighted by molar-refractivity contribution is 5.95. The highest BCUT2D eigenvalue weighted by atomic mass is 16.5. The monoisotopic (exact) mass is 260 g/mol. The maximum Gasteiger partial charge on any atom is 0.231 e. The van der Waals surface area contributed by atoms with Gasteiger partial charge in [-0.1, -0.05) is 24.3 Å². The van der Waals surface area contributed by atoms with Crippen LogP contribution in [0.3, 0.4) is 0 Å². The van der Waals surface area contributed by atoms with E-state index in [1.165, 1.54) is 0 Å². The van der Waals surface area contributed by atoms with E-state index in [1.54, 1.807) is 0 Å². The van der Waals surface area contributed by atoms with E-state index < -0.39 is 0 Å². The molecule has 2 rings (SSSR count). The zero-order valence-electron chi connectivity index (χ0n) is 11.3. The molecular formula is C15H20N2O2. The first kappa shape index (κ1) is 13.6. The Bertz CT molecular complexity index is 483. The Hall–Kier alpha value is -1.81. The molecule has 1 aliphatic carbocycles.